The van der Waals surface area contributed by atoms with E-state index in [2.05, 4.69) is 28.0 Å². The molecule has 1 aliphatic rings. The van der Waals surface area contributed by atoms with E-state index in [1.807, 2.05) is 0 Å². The van der Waals surface area contributed by atoms with Crippen LogP contribution >= 0.6 is 15.9 Å². The third-order valence-corrected chi connectivity index (χ3v) is 4.17. The highest BCUT2D eigenvalue weighted by atomic mass is 79.9. The van der Waals surface area contributed by atoms with Gasteiger partial charge >= 0.3 is 0 Å². The summed E-state index contributed by atoms with van der Waals surface area (Å²) >= 11 is 3.36. The molecule has 2 unspecified atom stereocenters. The molecule has 0 radical (unpaired) electrons. The zero-order chi connectivity index (χ0) is 12.6. The Morgan fingerprint density at radius 1 is 1.71 bits per heavy atom. The third-order valence-electron chi connectivity index (χ3n) is 3.59. The van der Waals surface area contributed by atoms with Gasteiger partial charge in [-0.25, -0.2) is 0 Å². The molecule has 0 bridgehead atoms. The van der Waals surface area contributed by atoms with Crippen molar-refractivity contribution in [2.45, 2.75) is 38.1 Å². The average Bonchev–Trinajstić information content (AvgIpc) is 2.57. The maximum atomic E-state index is 12.6. The lowest BCUT2D eigenvalue weighted by Crippen LogP contribution is -2.51. The number of halogens is 1. The molecule has 1 aromatic heterocycles. The van der Waals surface area contributed by atoms with Crippen LogP contribution in [0.15, 0.2) is 10.7 Å². The summed E-state index contributed by atoms with van der Waals surface area (Å²) in [7, 11) is 1.77. The van der Waals surface area contributed by atoms with Crippen LogP contribution in [0.4, 0.5) is 0 Å². The van der Waals surface area contributed by atoms with Gasteiger partial charge in [-0.05, 0) is 34.7 Å². The molecule has 2 rings (SSSR count). The number of nitrogens with two attached hydrogens (primary N) is 1. The number of hydrogen-bond acceptors (Lipinski definition) is 3. The summed E-state index contributed by atoms with van der Waals surface area (Å²) in [4.78, 5) is 12.6. The van der Waals surface area contributed by atoms with Crippen LogP contribution in [-0.4, -0.2) is 21.1 Å². The Morgan fingerprint density at radius 2 is 2.41 bits per heavy atom. The van der Waals surface area contributed by atoms with Crippen molar-refractivity contribution in [1.82, 2.24) is 9.78 Å². The Kier molecular flexibility index (Phi) is 3.41. The molecular formula is C12H18BrN3O. The molecule has 94 valence electrons. The molecule has 1 saturated carbocycles. The number of aryl methyl sites for hydroxylation is 1. The number of aromatic nitrogens is 2. The summed E-state index contributed by atoms with van der Waals surface area (Å²) < 4.78 is 2.33. The van der Waals surface area contributed by atoms with Crippen LogP contribution in [0.1, 0.15) is 43.1 Å². The minimum atomic E-state index is -0.714. The summed E-state index contributed by atoms with van der Waals surface area (Å²) in [6, 6.07) is 0. The van der Waals surface area contributed by atoms with Gasteiger partial charge in [0.05, 0.1) is 16.2 Å². The highest BCUT2D eigenvalue weighted by Crippen LogP contribution is 2.34. The summed E-state index contributed by atoms with van der Waals surface area (Å²) in [6.45, 7) is 2.16. The van der Waals surface area contributed by atoms with E-state index in [0.717, 1.165) is 23.7 Å². The minimum absolute atomic E-state index is 0.0101. The van der Waals surface area contributed by atoms with Crippen molar-refractivity contribution in [3.8, 4) is 0 Å². The van der Waals surface area contributed by atoms with Gasteiger partial charge in [-0.1, -0.05) is 19.8 Å². The van der Waals surface area contributed by atoms with E-state index in [0.29, 0.717) is 11.6 Å². The number of Topliss-reactive ketones (excluding diaryl/α,β-unsaturated/α-hetero) is 1. The standard InChI is InChI=1S/C12H18BrN3O/c1-8-4-3-5-12(14,6-8)11(17)10-9(13)7-15-16(10)2/h7-8H,3-6,14H2,1-2H3. The molecule has 4 nitrogen and oxygen atoms in total. The normalized spacial score (nSPS) is 29.3. The second-order valence-corrected chi connectivity index (χ2v) is 6.01. The fourth-order valence-electron chi connectivity index (χ4n) is 2.70. The van der Waals surface area contributed by atoms with Crippen molar-refractivity contribution < 1.29 is 4.79 Å². The first-order chi connectivity index (χ1) is 7.94. The molecule has 0 spiro atoms. The monoisotopic (exact) mass is 299 g/mol. The molecular weight excluding hydrogens is 282 g/mol. The maximum absolute atomic E-state index is 12.6. The van der Waals surface area contributed by atoms with Crippen LogP contribution in [-0.2, 0) is 7.05 Å². The van der Waals surface area contributed by atoms with Gasteiger partial charge in [-0.3, -0.25) is 9.48 Å². The Labute approximate surface area is 110 Å². The van der Waals surface area contributed by atoms with Crippen molar-refractivity contribution in [3.63, 3.8) is 0 Å². The van der Waals surface area contributed by atoms with Crippen LogP contribution in [0, 0.1) is 5.92 Å². The maximum Gasteiger partial charge on any atom is 0.201 e. The SMILES string of the molecule is CC1CCCC(N)(C(=O)c2c(Br)cnn2C)C1. The van der Waals surface area contributed by atoms with E-state index >= 15 is 0 Å². The van der Waals surface area contributed by atoms with Crippen LogP contribution in [0.25, 0.3) is 0 Å². The van der Waals surface area contributed by atoms with Gasteiger partial charge in [0.1, 0.15) is 5.69 Å². The van der Waals surface area contributed by atoms with Crippen LogP contribution in [0.2, 0.25) is 0 Å². The van der Waals surface area contributed by atoms with Crippen molar-refractivity contribution in [2.24, 2.45) is 18.7 Å². The number of carbonyl (C=O) groups excluding carboxylic acids is 1. The van der Waals surface area contributed by atoms with Gasteiger partial charge in [0.15, 0.2) is 0 Å². The molecule has 0 saturated heterocycles. The fraction of sp³-hybridized carbons (Fsp3) is 0.667. The van der Waals surface area contributed by atoms with E-state index in [9.17, 15) is 4.79 Å². The molecule has 1 fully saturated rings. The first-order valence-corrected chi connectivity index (χ1v) is 6.74. The molecule has 5 heteroatoms. The quantitative estimate of drug-likeness (QED) is 0.852. The Morgan fingerprint density at radius 3 is 2.94 bits per heavy atom. The van der Waals surface area contributed by atoms with Crippen molar-refractivity contribution in [3.05, 3.63) is 16.4 Å². The lowest BCUT2D eigenvalue weighted by Gasteiger charge is -2.35. The van der Waals surface area contributed by atoms with E-state index in [1.165, 1.54) is 6.42 Å². The smallest absolute Gasteiger partial charge is 0.201 e. The highest BCUT2D eigenvalue weighted by Gasteiger charge is 2.40. The third kappa shape index (κ3) is 2.31. The lowest BCUT2D eigenvalue weighted by molar-refractivity contribution is 0.0808. The predicted molar refractivity (Wildman–Crippen MR) is 69.8 cm³/mol. The number of nitrogens with zero attached hydrogens (tertiary/aromatic N) is 2. The second-order valence-electron chi connectivity index (χ2n) is 5.15. The van der Waals surface area contributed by atoms with Crippen molar-refractivity contribution >= 4 is 21.7 Å². The number of hydrogen-bond donors (Lipinski definition) is 1. The molecule has 1 heterocycles. The Balaban J connectivity index is 2.31. The number of carbonyl (C=O) groups is 1. The van der Waals surface area contributed by atoms with E-state index in [-0.39, 0.29) is 5.78 Å². The molecule has 2 atom stereocenters. The van der Waals surface area contributed by atoms with Gasteiger partial charge in [-0.2, -0.15) is 5.10 Å². The first-order valence-electron chi connectivity index (χ1n) is 5.95. The van der Waals surface area contributed by atoms with Crippen LogP contribution < -0.4 is 5.73 Å². The molecule has 1 aromatic rings. The summed E-state index contributed by atoms with van der Waals surface area (Å²) in [5.41, 5.74) is 6.18. The summed E-state index contributed by atoms with van der Waals surface area (Å²) in [6.07, 6.45) is 5.37. The Bertz CT molecular complexity index is 423. The fourth-order valence-corrected chi connectivity index (χ4v) is 3.23. The Hall–Kier alpha value is -0.680. The highest BCUT2D eigenvalue weighted by molar-refractivity contribution is 9.10. The van der Waals surface area contributed by atoms with Crippen molar-refractivity contribution in [2.75, 3.05) is 0 Å². The van der Waals surface area contributed by atoms with Crippen molar-refractivity contribution in [1.29, 1.82) is 0 Å². The lowest BCUT2D eigenvalue weighted by atomic mass is 9.74. The molecule has 1 aliphatic carbocycles. The summed E-state index contributed by atoms with van der Waals surface area (Å²) in [5.74, 6) is 0.528. The summed E-state index contributed by atoms with van der Waals surface area (Å²) in [5, 5.41) is 4.08. The van der Waals surface area contributed by atoms with Gasteiger partial charge in [-0.15, -0.1) is 0 Å². The molecule has 2 N–H and O–H groups in total. The van der Waals surface area contributed by atoms with E-state index < -0.39 is 5.54 Å². The van der Waals surface area contributed by atoms with E-state index in [1.54, 1.807) is 17.9 Å². The molecule has 0 aliphatic heterocycles. The van der Waals surface area contributed by atoms with Gasteiger partial charge < -0.3 is 5.73 Å². The van der Waals surface area contributed by atoms with Crippen LogP contribution in [0.3, 0.4) is 0 Å². The molecule has 0 amide bonds. The molecule has 0 aromatic carbocycles. The zero-order valence-corrected chi connectivity index (χ0v) is 11.8. The zero-order valence-electron chi connectivity index (χ0n) is 10.2. The predicted octanol–water partition coefficient (Wildman–Crippen LogP) is 2.27. The van der Waals surface area contributed by atoms with Crippen LogP contribution in [0.5, 0.6) is 0 Å². The van der Waals surface area contributed by atoms with Gasteiger partial charge in [0.2, 0.25) is 5.78 Å². The first kappa shape index (κ1) is 12.8. The second kappa shape index (κ2) is 4.53. The largest absolute Gasteiger partial charge is 0.319 e. The van der Waals surface area contributed by atoms with E-state index in [4.69, 9.17) is 5.73 Å². The minimum Gasteiger partial charge on any atom is -0.319 e. The number of ketones is 1. The number of rotatable bonds is 2. The average molecular weight is 300 g/mol. The van der Waals surface area contributed by atoms with Gasteiger partial charge in [0.25, 0.3) is 0 Å². The molecule has 17 heavy (non-hydrogen) atoms. The van der Waals surface area contributed by atoms with Gasteiger partial charge in [0, 0.05) is 7.05 Å². The topological polar surface area (TPSA) is 60.9 Å².